The number of nitrogens with zero attached hydrogens (tertiary/aromatic N) is 1. The van der Waals surface area contributed by atoms with Crippen molar-refractivity contribution in [3.05, 3.63) is 30.4 Å². The minimum absolute atomic E-state index is 0.119. The number of hydrogen-bond acceptors (Lipinski definition) is 7. The molecule has 0 bridgehead atoms. The fourth-order valence-electron chi connectivity index (χ4n) is 3.74. The Bertz CT molecular complexity index is 884. The number of carbonyl (C=O) groups is 4. The van der Waals surface area contributed by atoms with Crippen molar-refractivity contribution in [2.24, 2.45) is 11.8 Å². The van der Waals surface area contributed by atoms with E-state index < -0.39 is 36.4 Å². The van der Waals surface area contributed by atoms with Crippen LogP contribution in [0.5, 0.6) is 11.5 Å². The van der Waals surface area contributed by atoms with Crippen molar-refractivity contribution < 1.29 is 33.4 Å². The number of esters is 1. The van der Waals surface area contributed by atoms with Crippen LogP contribution in [0.4, 0.5) is 5.69 Å². The smallest absolute Gasteiger partial charge is 0.329 e. The van der Waals surface area contributed by atoms with E-state index in [0.717, 1.165) is 4.90 Å². The van der Waals surface area contributed by atoms with E-state index in [-0.39, 0.29) is 18.6 Å². The second-order valence-corrected chi connectivity index (χ2v) is 7.10. The molecule has 0 saturated carbocycles. The molecular weight excluding hydrogens is 380 g/mol. The molecular formula is C20H20N2O7. The maximum absolute atomic E-state index is 12.5. The van der Waals surface area contributed by atoms with E-state index in [1.165, 1.54) is 6.92 Å². The third kappa shape index (κ3) is 3.55. The second kappa shape index (κ2) is 7.57. The van der Waals surface area contributed by atoms with Crippen molar-refractivity contribution in [1.29, 1.82) is 0 Å². The first-order chi connectivity index (χ1) is 14.0. The Hall–Kier alpha value is -3.36. The average Bonchev–Trinajstić information content (AvgIpc) is 3.28. The Balaban J connectivity index is 1.31. The lowest BCUT2D eigenvalue weighted by Crippen LogP contribution is -2.45. The third-order valence-electron chi connectivity index (χ3n) is 5.27. The summed E-state index contributed by atoms with van der Waals surface area (Å²) in [6, 6.07) is 3.80. The highest BCUT2D eigenvalue weighted by atomic mass is 16.7. The predicted molar refractivity (Wildman–Crippen MR) is 98.8 cm³/mol. The van der Waals surface area contributed by atoms with E-state index >= 15 is 0 Å². The number of amides is 3. The Labute approximate surface area is 166 Å². The van der Waals surface area contributed by atoms with E-state index in [4.69, 9.17) is 14.2 Å². The van der Waals surface area contributed by atoms with Crippen LogP contribution in [-0.4, -0.2) is 48.0 Å². The number of carbonyl (C=O) groups excluding carboxylic acids is 4. The molecule has 0 aromatic heterocycles. The largest absolute Gasteiger partial charge is 0.454 e. The molecule has 1 aromatic rings. The van der Waals surface area contributed by atoms with Crippen LogP contribution in [0.2, 0.25) is 0 Å². The topological polar surface area (TPSA) is 111 Å². The van der Waals surface area contributed by atoms with Crippen molar-refractivity contribution in [2.45, 2.75) is 25.8 Å². The molecule has 0 spiro atoms. The van der Waals surface area contributed by atoms with E-state index in [9.17, 15) is 19.2 Å². The van der Waals surface area contributed by atoms with E-state index in [2.05, 4.69) is 5.32 Å². The van der Waals surface area contributed by atoms with Gasteiger partial charge in [0.25, 0.3) is 5.91 Å². The average molecular weight is 400 g/mol. The van der Waals surface area contributed by atoms with Crippen LogP contribution in [0.3, 0.4) is 0 Å². The highest BCUT2D eigenvalue weighted by molar-refractivity contribution is 6.08. The van der Waals surface area contributed by atoms with Gasteiger partial charge in [0.15, 0.2) is 18.1 Å². The Kier molecular flexibility index (Phi) is 4.96. The van der Waals surface area contributed by atoms with Crippen LogP contribution in [-0.2, 0) is 23.9 Å². The lowest BCUT2D eigenvalue weighted by atomic mass is 9.85. The normalized spacial score (nSPS) is 23.0. The number of hydrogen-bond donors (Lipinski definition) is 1. The van der Waals surface area contributed by atoms with Crippen LogP contribution >= 0.6 is 0 Å². The lowest BCUT2D eigenvalue weighted by Gasteiger charge is -2.21. The standard InChI is InChI=1S/C20H20N2O7/c1-11(22-18(24)13-4-2-3-5-14(13)19(22)25)20(26)27-9-17(23)21-12-6-7-15-16(8-12)29-10-28-15/h2-3,6-8,11,13-14H,4-5,9-10H2,1H3,(H,21,23)/t11-,13-,14-/m0/s1. The molecule has 3 amide bonds. The van der Waals surface area contributed by atoms with Crippen LogP contribution in [0.1, 0.15) is 19.8 Å². The van der Waals surface area contributed by atoms with Crippen LogP contribution < -0.4 is 14.8 Å². The summed E-state index contributed by atoms with van der Waals surface area (Å²) in [5.74, 6) is -1.83. The molecule has 1 saturated heterocycles. The third-order valence-corrected chi connectivity index (χ3v) is 5.27. The molecule has 9 nitrogen and oxygen atoms in total. The first-order valence-electron chi connectivity index (χ1n) is 9.33. The highest BCUT2D eigenvalue weighted by Crippen LogP contribution is 2.36. The molecule has 1 fully saturated rings. The first kappa shape index (κ1) is 19.0. The number of imide groups is 1. The molecule has 1 aromatic carbocycles. The Morgan fingerprint density at radius 2 is 1.79 bits per heavy atom. The fourth-order valence-corrected chi connectivity index (χ4v) is 3.74. The number of anilines is 1. The highest BCUT2D eigenvalue weighted by Gasteiger charge is 2.50. The van der Waals surface area contributed by atoms with Gasteiger partial charge in [-0.05, 0) is 31.9 Å². The number of fused-ring (bicyclic) bond motifs is 2. The van der Waals surface area contributed by atoms with Gasteiger partial charge in [0, 0.05) is 11.8 Å². The fraction of sp³-hybridized carbons (Fsp3) is 0.400. The van der Waals surface area contributed by atoms with E-state index in [0.29, 0.717) is 30.0 Å². The molecule has 1 N–H and O–H groups in total. The minimum Gasteiger partial charge on any atom is -0.454 e. The molecule has 0 unspecified atom stereocenters. The molecule has 4 rings (SSSR count). The Morgan fingerprint density at radius 1 is 1.14 bits per heavy atom. The van der Waals surface area contributed by atoms with Gasteiger partial charge in [-0.2, -0.15) is 0 Å². The van der Waals surface area contributed by atoms with E-state index in [1.807, 2.05) is 12.2 Å². The van der Waals surface area contributed by atoms with Gasteiger partial charge in [-0.25, -0.2) is 4.79 Å². The molecule has 1 aliphatic carbocycles. The van der Waals surface area contributed by atoms with Crippen LogP contribution in [0, 0.1) is 11.8 Å². The van der Waals surface area contributed by atoms with Gasteiger partial charge in [-0.3, -0.25) is 19.3 Å². The van der Waals surface area contributed by atoms with Crippen molar-refractivity contribution in [3.63, 3.8) is 0 Å². The molecule has 3 aliphatic rings. The van der Waals surface area contributed by atoms with Crippen LogP contribution in [0.25, 0.3) is 0 Å². The Morgan fingerprint density at radius 3 is 2.48 bits per heavy atom. The zero-order chi connectivity index (χ0) is 20.5. The van der Waals surface area contributed by atoms with Gasteiger partial charge >= 0.3 is 5.97 Å². The van der Waals surface area contributed by atoms with Crippen LogP contribution in [0.15, 0.2) is 30.4 Å². The van der Waals surface area contributed by atoms with Gasteiger partial charge in [0.1, 0.15) is 6.04 Å². The minimum atomic E-state index is -1.08. The second-order valence-electron chi connectivity index (χ2n) is 7.10. The van der Waals surface area contributed by atoms with Crippen molar-refractivity contribution in [1.82, 2.24) is 4.90 Å². The molecule has 29 heavy (non-hydrogen) atoms. The molecule has 3 atom stereocenters. The number of rotatable bonds is 5. The zero-order valence-electron chi connectivity index (χ0n) is 15.8. The van der Waals surface area contributed by atoms with Crippen molar-refractivity contribution >= 4 is 29.4 Å². The zero-order valence-corrected chi connectivity index (χ0v) is 15.8. The first-order valence-corrected chi connectivity index (χ1v) is 9.33. The lowest BCUT2D eigenvalue weighted by molar-refractivity contribution is -0.159. The number of benzene rings is 1. The van der Waals surface area contributed by atoms with Gasteiger partial charge < -0.3 is 19.5 Å². The predicted octanol–water partition coefficient (Wildman–Crippen LogP) is 1.24. The summed E-state index contributed by atoms with van der Waals surface area (Å²) in [6.07, 6.45) is 4.73. The summed E-state index contributed by atoms with van der Waals surface area (Å²) in [6.45, 7) is 1.01. The number of nitrogens with one attached hydrogen (secondary N) is 1. The number of ether oxygens (including phenoxy) is 3. The molecule has 0 radical (unpaired) electrons. The molecule has 2 heterocycles. The van der Waals surface area contributed by atoms with Crippen molar-refractivity contribution in [2.75, 3.05) is 18.7 Å². The molecule has 152 valence electrons. The summed E-state index contributed by atoms with van der Waals surface area (Å²) in [5.41, 5.74) is 0.463. The number of allylic oxidation sites excluding steroid dienone is 2. The van der Waals surface area contributed by atoms with Gasteiger partial charge in [-0.15, -0.1) is 0 Å². The SMILES string of the molecule is C[C@@H](C(=O)OCC(=O)Nc1ccc2c(c1)OCO2)N1C(=O)[C@H]2CC=CC[C@@H]2C1=O. The summed E-state index contributed by atoms with van der Waals surface area (Å²) in [5, 5.41) is 2.59. The maximum atomic E-state index is 12.5. The number of likely N-dealkylation sites (tertiary alicyclic amines) is 1. The maximum Gasteiger partial charge on any atom is 0.329 e. The van der Waals surface area contributed by atoms with Gasteiger partial charge in [0.2, 0.25) is 18.6 Å². The summed E-state index contributed by atoms with van der Waals surface area (Å²) < 4.78 is 15.5. The summed E-state index contributed by atoms with van der Waals surface area (Å²) in [7, 11) is 0. The molecule has 9 heteroatoms. The molecule has 2 aliphatic heterocycles. The summed E-state index contributed by atoms with van der Waals surface area (Å²) in [4.78, 5) is 50.4. The van der Waals surface area contributed by atoms with E-state index in [1.54, 1.807) is 18.2 Å². The van der Waals surface area contributed by atoms with Gasteiger partial charge in [0.05, 0.1) is 11.8 Å². The summed E-state index contributed by atoms with van der Waals surface area (Å²) >= 11 is 0. The van der Waals surface area contributed by atoms with Gasteiger partial charge in [-0.1, -0.05) is 12.2 Å². The van der Waals surface area contributed by atoms with Crippen molar-refractivity contribution in [3.8, 4) is 11.5 Å². The monoisotopic (exact) mass is 400 g/mol. The quantitative estimate of drug-likeness (QED) is 0.450.